The summed E-state index contributed by atoms with van der Waals surface area (Å²) in [5.74, 6) is 0.882. The summed E-state index contributed by atoms with van der Waals surface area (Å²) in [4.78, 5) is 13.7. The molecule has 0 bridgehead atoms. The zero-order valence-corrected chi connectivity index (χ0v) is 9.39. The fraction of sp³-hybridized carbons (Fsp3) is 0.900. The fourth-order valence-corrected chi connectivity index (χ4v) is 1.94. The van der Waals surface area contributed by atoms with Crippen molar-refractivity contribution in [3.05, 3.63) is 0 Å². The molecular weight excluding hydrogens is 182 g/mol. The Bertz CT molecular complexity index is 184. The van der Waals surface area contributed by atoms with Crippen molar-refractivity contribution >= 4 is 18.5 Å². The molecule has 0 radical (unpaired) electrons. The zero-order valence-electron chi connectivity index (χ0n) is 8.49. The third-order valence-electron chi connectivity index (χ3n) is 2.64. The number of nitrogens with zero attached hydrogens (tertiary/aromatic N) is 1. The van der Waals surface area contributed by atoms with Gasteiger partial charge in [-0.25, -0.2) is 0 Å². The molecule has 0 aliphatic carbocycles. The Morgan fingerprint density at radius 2 is 2.38 bits per heavy atom. The number of carbonyl (C=O) groups excluding carboxylic acids is 1. The van der Waals surface area contributed by atoms with E-state index in [2.05, 4.69) is 19.6 Å². The molecule has 2 atom stereocenters. The number of piperidine rings is 1. The van der Waals surface area contributed by atoms with Gasteiger partial charge >= 0.3 is 0 Å². The maximum absolute atomic E-state index is 11.7. The Balaban J connectivity index is 2.46. The molecule has 76 valence electrons. The van der Waals surface area contributed by atoms with Gasteiger partial charge in [0.05, 0.1) is 5.25 Å². The van der Waals surface area contributed by atoms with Crippen molar-refractivity contribution in [1.29, 1.82) is 0 Å². The number of carbonyl (C=O) groups is 1. The van der Waals surface area contributed by atoms with Gasteiger partial charge in [-0.1, -0.05) is 13.8 Å². The fourth-order valence-electron chi connectivity index (χ4n) is 1.77. The molecule has 2 nitrogen and oxygen atoms in total. The van der Waals surface area contributed by atoms with Crippen molar-refractivity contribution in [3.63, 3.8) is 0 Å². The van der Waals surface area contributed by atoms with Crippen LogP contribution in [0.3, 0.4) is 0 Å². The lowest BCUT2D eigenvalue weighted by atomic mass is 10.00. The Labute approximate surface area is 86.1 Å². The first-order valence-electron chi connectivity index (χ1n) is 5.12. The molecule has 3 heteroatoms. The number of hydrogen-bond donors (Lipinski definition) is 1. The predicted molar refractivity (Wildman–Crippen MR) is 58.0 cm³/mol. The number of hydrogen-bond acceptors (Lipinski definition) is 2. The lowest BCUT2D eigenvalue weighted by Crippen LogP contribution is -2.42. The highest BCUT2D eigenvalue weighted by Gasteiger charge is 2.24. The van der Waals surface area contributed by atoms with E-state index in [0.29, 0.717) is 5.92 Å². The number of thiol groups is 1. The molecule has 1 saturated heterocycles. The number of rotatable bonds is 2. The second-order valence-electron chi connectivity index (χ2n) is 3.96. The average molecular weight is 201 g/mol. The van der Waals surface area contributed by atoms with Gasteiger partial charge in [-0.3, -0.25) is 4.79 Å². The molecule has 1 aliphatic rings. The summed E-state index contributed by atoms with van der Waals surface area (Å²) in [6, 6.07) is 0. The minimum Gasteiger partial charge on any atom is -0.341 e. The van der Waals surface area contributed by atoms with Crippen LogP contribution in [0.2, 0.25) is 0 Å². The lowest BCUT2D eigenvalue weighted by Gasteiger charge is -2.32. The van der Waals surface area contributed by atoms with Gasteiger partial charge in [0.2, 0.25) is 5.91 Å². The van der Waals surface area contributed by atoms with Crippen molar-refractivity contribution in [2.24, 2.45) is 5.92 Å². The average Bonchev–Trinajstić information content (AvgIpc) is 2.15. The molecule has 0 aromatic heterocycles. The highest BCUT2D eigenvalue weighted by molar-refractivity contribution is 7.81. The maximum atomic E-state index is 11.7. The van der Waals surface area contributed by atoms with E-state index in [0.717, 1.165) is 25.9 Å². The summed E-state index contributed by atoms with van der Waals surface area (Å²) in [5, 5.41) is -0.0923. The Kier molecular flexibility index (Phi) is 4.10. The molecule has 0 aromatic rings. The summed E-state index contributed by atoms with van der Waals surface area (Å²) < 4.78 is 0. The Hall–Kier alpha value is -0.180. The van der Waals surface area contributed by atoms with Gasteiger partial charge < -0.3 is 4.90 Å². The van der Waals surface area contributed by atoms with E-state index in [1.165, 1.54) is 6.42 Å². The molecular formula is C10H19NOS. The molecule has 1 fully saturated rings. The monoisotopic (exact) mass is 201 g/mol. The smallest absolute Gasteiger partial charge is 0.235 e. The first-order chi connectivity index (χ1) is 6.15. The second kappa shape index (κ2) is 4.89. The first kappa shape index (κ1) is 10.9. The van der Waals surface area contributed by atoms with Crippen LogP contribution in [0.4, 0.5) is 0 Å². The van der Waals surface area contributed by atoms with E-state index in [4.69, 9.17) is 0 Å². The van der Waals surface area contributed by atoms with Crippen LogP contribution in [-0.4, -0.2) is 29.1 Å². The van der Waals surface area contributed by atoms with Crippen molar-refractivity contribution in [3.8, 4) is 0 Å². The Morgan fingerprint density at radius 3 is 2.92 bits per heavy atom. The molecule has 2 unspecified atom stereocenters. The summed E-state index contributed by atoms with van der Waals surface area (Å²) in [6.07, 6.45) is 3.23. The van der Waals surface area contributed by atoms with Crippen molar-refractivity contribution < 1.29 is 4.79 Å². The lowest BCUT2D eigenvalue weighted by molar-refractivity contribution is -0.132. The van der Waals surface area contributed by atoms with Crippen molar-refractivity contribution in [1.82, 2.24) is 4.90 Å². The zero-order chi connectivity index (χ0) is 9.84. The second-order valence-corrected chi connectivity index (χ2v) is 4.58. The third kappa shape index (κ3) is 2.90. The first-order valence-corrected chi connectivity index (χ1v) is 5.63. The van der Waals surface area contributed by atoms with Crippen LogP contribution in [0.25, 0.3) is 0 Å². The largest absolute Gasteiger partial charge is 0.341 e. The van der Waals surface area contributed by atoms with Crippen LogP contribution in [0.15, 0.2) is 0 Å². The van der Waals surface area contributed by atoms with E-state index in [9.17, 15) is 4.79 Å². The molecule has 0 aromatic carbocycles. The molecule has 13 heavy (non-hydrogen) atoms. The quantitative estimate of drug-likeness (QED) is 0.677. The van der Waals surface area contributed by atoms with Crippen LogP contribution in [0.5, 0.6) is 0 Å². The van der Waals surface area contributed by atoms with Gasteiger partial charge in [-0.2, -0.15) is 12.6 Å². The number of likely N-dealkylation sites (tertiary alicyclic amines) is 1. The van der Waals surface area contributed by atoms with Gasteiger partial charge in [-0.05, 0) is 25.2 Å². The third-order valence-corrected chi connectivity index (χ3v) is 3.23. The SMILES string of the molecule is CCC(S)C(=O)N1CCCC(C)C1. The minimum absolute atomic E-state index is 0.0923. The highest BCUT2D eigenvalue weighted by atomic mass is 32.1. The van der Waals surface area contributed by atoms with Crippen LogP contribution < -0.4 is 0 Å². The summed E-state index contributed by atoms with van der Waals surface area (Å²) in [6.45, 7) is 6.07. The van der Waals surface area contributed by atoms with Crippen LogP contribution in [0.1, 0.15) is 33.1 Å². The predicted octanol–water partition coefficient (Wildman–Crippen LogP) is 1.95. The molecule has 1 rings (SSSR count). The van der Waals surface area contributed by atoms with Crippen molar-refractivity contribution in [2.45, 2.75) is 38.4 Å². The van der Waals surface area contributed by atoms with Crippen LogP contribution in [0, 0.1) is 5.92 Å². The van der Waals surface area contributed by atoms with Gasteiger partial charge in [-0.15, -0.1) is 0 Å². The van der Waals surface area contributed by atoms with Gasteiger partial charge in [0.15, 0.2) is 0 Å². The highest BCUT2D eigenvalue weighted by Crippen LogP contribution is 2.17. The molecule has 0 saturated carbocycles. The van der Waals surface area contributed by atoms with E-state index >= 15 is 0 Å². The van der Waals surface area contributed by atoms with E-state index in [-0.39, 0.29) is 11.2 Å². The van der Waals surface area contributed by atoms with E-state index in [1.807, 2.05) is 11.8 Å². The van der Waals surface area contributed by atoms with Gasteiger partial charge in [0, 0.05) is 13.1 Å². The normalized spacial score (nSPS) is 25.8. The molecule has 1 aliphatic heterocycles. The molecule has 0 spiro atoms. The summed E-state index contributed by atoms with van der Waals surface area (Å²) in [5.41, 5.74) is 0. The van der Waals surface area contributed by atoms with E-state index in [1.54, 1.807) is 0 Å². The summed E-state index contributed by atoms with van der Waals surface area (Å²) in [7, 11) is 0. The van der Waals surface area contributed by atoms with E-state index < -0.39 is 0 Å². The Morgan fingerprint density at radius 1 is 1.69 bits per heavy atom. The minimum atomic E-state index is -0.0923. The summed E-state index contributed by atoms with van der Waals surface area (Å²) >= 11 is 4.27. The maximum Gasteiger partial charge on any atom is 0.235 e. The molecule has 0 N–H and O–H groups in total. The topological polar surface area (TPSA) is 20.3 Å². The molecule has 1 heterocycles. The number of amides is 1. The van der Waals surface area contributed by atoms with Crippen LogP contribution >= 0.6 is 12.6 Å². The van der Waals surface area contributed by atoms with Crippen molar-refractivity contribution in [2.75, 3.05) is 13.1 Å². The van der Waals surface area contributed by atoms with Gasteiger partial charge in [0.1, 0.15) is 0 Å². The van der Waals surface area contributed by atoms with Crippen LogP contribution in [-0.2, 0) is 4.79 Å². The van der Waals surface area contributed by atoms with Gasteiger partial charge in [0.25, 0.3) is 0 Å². The standard InChI is InChI=1S/C10H19NOS/c1-3-9(13)10(12)11-6-4-5-8(2)7-11/h8-9,13H,3-7H2,1-2H3. The molecule has 1 amide bonds.